The van der Waals surface area contributed by atoms with E-state index in [9.17, 15) is 31.2 Å². The molecule has 0 unspecified atom stereocenters. The van der Waals surface area contributed by atoms with Crippen LogP contribution in [-0.4, -0.2) is 31.4 Å². The largest absolute Gasteiger partial charge is 0.481 e. The number of benzene rings is 1. The van der Waals surface area contributed by atoms with Crippen LogP contribution in [0.2, 0.25) is 0 Å². The quantitative estimate of drug-likeness (QED) is 0.687. The number of aliphatic carboxylic acids is 1. The molecule has 1 amide bonds. The van der Waals surface area contributed by atoms with Gasteiger partial charge in [-0.3, -0.25) is 9.59 Å². The summed E-state index contributed by atoms with van der Waals surface area (Å²) in [6, 6.07) is 0.991. The molecule has 1 aromatic rings. The molecular weight excluding hydrogens is 329 g/mol. The molecular formula is C11H11F3N2O5S. The summed E-state index contributed by atoms with van der Waals surface area (Å²) in [5, 5.41) is 8.56. The standard InChI is InChI=1S/C11H11F3N2O5S/c12-11(13,14)6-2-1-3-7(4-6)22(20,21)16-8(10(15)19)5-9(17)18/h1-4,8,16H,5H2,(H2,15,19)(H,17,18)/t8-/m1/s1. The lowest BCUT2D eigenvalue weighted by Crippen LogP contribution is -2.45. The molecule has 4 N–H and O–H groups in total. The van der Waals surface area contributed by atoms with E-state index in [2.05, 4.69) is 0 Å². The van der Waals surface area contributed by atoms with Gasteiger partial charge in [-0.15, -0.1) is 0 Å². The van der Waals surface area contributed by atoms with Gasteiger partial charge < -0.3 is 10.8 Å². The fraction of sp³-hybridized carbons (Fsp3) is 0.273. The first kappa shape index (κ1) is 17.9. The average Bonchev–Trinajstić information content (AvgIpc) is 2.36. The topological polar surface area (TPSA) is 127 Å². The molecule has 0 bridgehead atoms. The second-order valence-corrected chi connectivity index (χ2v) is 5.91. The number of nitrogens with two attached hydrogens (primary N) is 1. The molecule has 22 heavy (non-hydrogen) atoms. The first-order valence-electron chi connectivity index (χ1n) is 5.64. The van der Waals surface area contributed by atoms with Crippen molar-refractivity contribution in [2.45, 2.75) is 23.5 Å². The number of halogens is 3. The third-order valence-electron chi connectivity index (χ3n) is 2.49. The second kappa shape index (κ2) is 6.32. The van der Waals surface area contributed by atoms with Gasteiger partial charge in [-0.05, 0) is 18.2 Å². The first-order chi connectivity index (χ1) is 9.93. The number of nitrogens with one attached hydrogen (secondary N) is 1. The number of hydrogen-bond acceptors (Lipinski definition) is 4. The lowest BCUT2D eigenvalue weighted by molar-refractivity contribution is -0.139. The molecule has 0 aliphatic carbocycles. The predicted octanol–water partition coefficient (Wildman–Crippen LogP) is 0.312. The molecule has 1 rings (SSSR count). The van der Waals surface area contributed by atoms with E-state index in [0.717, 1.165) is 12.1 Å². The van der Waals surface area contributed by atoms with Crippen LogP contribution in [0.4, 0.5) is 13.2 Å². The third-order valence-corrected chi connectivity index (χ3v) is 3.96. The van der Waals surface area contributed by atoms with Crippen LogP contribution in [0.3, 0.4) is 0 Å². The van der Waals surface area contributed by atoms with Crippen LogP contribution in [-0.2, 0) is 25.8 Å². The number of hydrogen-bond donors (Lipinski definition) is 3. The fourth-order valence-electron chi connectivity index (χ4n) is 1.47. The van der Waals surface area contributed by atoms with Gasteiger partial charge in [0.05, 0.1) is 16.9 Å². The molecule has 11 heteroatoms. The highest BCUT2D eigenvalue weighted by atomic mass is 32.2. The zero-order valence-corrected chi connectivity index (χ0v) is 11.6. The van der Waals surface area contributed by atoms with E-state index in [-0.39, 0.29) is 0 Å². The van der Waals surface area contributed by atoms with E-state index < -0.39 is 51.0 Å². The Morgan fingerprint density at radius 1 is 1.32 bits per heavy atom. The number of amides is 1. The Balaban J connectivity index is 3.13. The minimum atomic E-state index is -4.75. The molecule has 0 saturated carbocycles. The zero-order valence-electron chi connectivity index (χ0n) is 10.8. The maximum Gasteiger partial charge on any atom is 0.416 e. The molecule has 0 aromatic heterocycles. The monoisotopic (exact) mass is 340 g/mol. The zero-order chi connectivity index (χ0) is 17.1. The number of rotatable bonds is 6. The Morgan fingerprint density at radius 2 is 1.91 bits per heavy atom. The summed E-state index contributed by atoms with van der Waals surface area (Å²) in [4.78, 5) is 20.8. The smallest absolute Gasteiger partial charge is 0.416 e. The van der Waals surface area contributed by atoms with Gasteiger partial charge in [-0.2, -0.15) is 17.9 Å². The van der Waals surface area contributed by atoms with E-state index in [4.69, 9.17) is 10.8 Å². The Morgan fingerprint density at radius 3 is 2.36 bits per heavy atom. The van der Waals surface area contributed by atoms with Crippen LogP contribution in [0.5, 0.6) is 0 Å². The van der Waals surface area contributed by atoms with E-state index in [0.29, 0.717) is 12.1 Å². The number of sulfonamides is 1. The first-order valence-corrected chi connectivity index (χ1v) is 7.12. The number of carboxylic acid groups (broad SMARTS) is 1. The Labute approximate surface area is 123 Å². The van der Waals surface area contributed by atoms with Crippen molar-refractivity contribution in [2.24, 2.45) is 5.73 Å². The van der Waals surface area contributed by atoms with Crippen molar-refractivity contribution in [1.29, 1.82) is 0 Å². The molecule has 0 saturated heterocycles. The van der Waals surface area contributed by atoms with Crippen molar-refractivity contribution in [3.8, 4) is 0 Å². The van der Waals surface area contributed by atoms with Gasteiger partial charge in [-0.1, -0.05) is 6.07 Å². The summed E-state index contributed by atoms with van der Waals surface area (Å²) in [6.45, 7) is 0. The van der Waals surface area contributed by atoms with Crippen LogP contribution in [0.1, 0.15) is 12.0 Å². The van der Waals surface area contributed by atoms with Crippen molar-refractivity contribution < 1.29 is 36.3 Å². The van der Waals surface area contributed by atoms with E-state index in [1.807, 2.05) is 0 Å². The SMILES string of the molecule is NC(=O)[C@@H](CC(=O)O)NS(=O)(=O)c1cccc(C(F)(F)F)c1. The van der Waals surface area contributed by atoms with Gasteiger partial charge in [0.15, 0.2) is 0 Å². The molecule has 7 nitrogen and oxygen atoms in total. The molecule has 0 heterocycles. The van der Waals surface area contributed by atoms with Crippen molar-refractivity contribution >= 4 is 21.9 Å². The fourth-order valence-corrected chi connectivity index (χ4v) is 2.72. The van der Waals surface area contributed by atoms with Gasteiger partial charge in [0.25, 0.3) is 0 Å². The van der Waals surface area contributed by atoms with Crippen LogP contribution < -0.4 is 10.5 Å². The highest BCUT2D eigenvalue weighted by Crippen LogP contribution is 2.30. The minimum absolute atomic E-state index is 0.362. The van der Waals surface area contributed by atoms with Gasteiger partial charge in [-0.25, -0.2) is 8.42 Å². The average molecular weight is 340 g/mol. The minimum Gasteiger partial charge on any atom is -0.481 e. The van der Waals surface area contributed by atoms with Gasteiger partial charge in [0.1, 0.15) is 6.04 Å². The van der Waals surface area contributed by atoms with Gasteiger partial charge in [0, 0.05) is 0 Å². The lowest BCUT2D eigenvalue weighted by Gasteiger charge is -2.14. The number of primary amides is 1. The summed E-state index contributed by atoms with van der Waals surface area (Å²) in [5.74, 6) is -2.77. The summed E-state index contributed by atoms with van der Waals surface area (Å²) >= 11 is 0. The lowest BCUT2D eigenvalue weighted by atomic mass is 10.2. The van der Waals surface area contributed by atoms with Crippen LogP contribution in [0.15, 0.2) is 29.2 Å². The van der Waals surface area contributed by atoms with Crippen molar-refractivity contribution in [3.05, 3.63) is 29.8 Å². The maximum absolute atomic E-state index is 12.6. The highest BCUT2D eigenvalue weighted by Gasteiger charge is 2.32. The van der Waals surface area contributed by atoms with Crippen LogP contribution in [0, 0.1) is 0 Å². The molecule has 0 aliphatic rings. The number of carbonyl (C=O) groups is 2. The molecule has 1 aromatic carbocycles. The molecule has 122 valence electrons. The molecule has 0 aliphatic heterocycles. The Kier molecular flexibility index (Phi) is 5.14. The predicted molar refractivity (Wildman–Crippen MR) is 67.0 cm³/mol. The molecule has 1 atom stereocenters. The van der Waals surface area contributed by atoms with Gasteiger partial charge >= 0.3 is 12.1 Å². The van der Waals surface area contributed by atoms with Crippen molar-refractivity contribution in [2.75, 3.05) is 0 Å². The van der Waals surface area contributed by atoms with Crippen LogP contribution in [0.25, 0.3) is 0 Å². The summed E-state index contributed by atoms with van der Waals surface area (Å²) < 4.78 is 63.2. The second-order valence-electron chi connectivity index (χ2n) is 4.20. The molecule has 0 fully saturated rings. The molecule has 0 spiro atoms. The highest BCUT2D eigenvalue weighted by molar-refractivity contribution is 7.89. The van der Waals surface area contributed by atoms with E-state index >= 15 is 0 Å². The third kappa shape index (κ3) is 4.70. The normalized spacial score (nSPS) is 13.6. The Bertz CT molecular complexity index is 687. The summed E-state index contributed by atoms with van der Waals surface area (Å²) in [6.07, 6.45) is -5.69. The van der Waals surface area contributed by atoms with E-state index in [1.54, 1.807) is 4.72 Å². The van der Waals surface area contributed by atoms with Crippen LogP contribution >= 0.6 is 0 Å². The maximum atomic E-state index is 12.6. The van der Waals surface area contributed by atoms with Crippen molar-refractivity contribution in [1.82, 2.24) is 4.72 Å². The van der Waals surface area contributed by atoms with E-state index in [1.165, 1.54) is 0 Å². The summed E-state index contributed by atoms with van der Waals surface area (Å²) in [5.41, 5.74) is 3.66. The summed E-state index contributed by atoms with van der Waals surface area (Å²) in [7, 11) is -4.55. The Hall–Kier alpha value is -2.14. The van der Waals surface area contributed by atoms with Gasteiger partial charge in [0.2, 0.25) is 15.9 Å². The number of alkyl halides is 3. The number of carbonyl (C=O) groups excluding carboxylic acids is 1. The number of carboxylic acids is 1. The van der Waals surface area contributed by atoms with Crippen molar-refractivity contribution in [3.63, 3.8) is 0 Å². The molecule has 0 radical (unpaired) electrons.